The lowest BCUT2D eigenvalue weighted by Gasteiger charge is -2.13. The zero-order chi connectivity index (χ0) is 11.7. The number of hydrogen-bond acceptors (Lipinski definition) is 5. The Morgan fingerprint density at radius 2 is 2.44 bits per heavy atom. The maximum atomic E-state index is 11.5. The minimum Gasteiger partial charge on any atom is -0.393 e. The molecule has 0 aliphatic carbocycles. The van der Waals surface area contributed by atoms with Crippen LogP contribution in [0.3, 0.4) is 0 Å². The first-order chi connectivity index (χ1) is 7.61. The van der Waals surface area contributed by atoms with Crippen LogP contribution in [0.1, 0.15) is 6.23 Å². The molecule has 16 heavy (non-hydrogen) atoms. The van der Waals surface area contributed by atoms with Gasteiger partial charge in [-0.05, 0) is 22.6 Å². The molecule has 1 fully saturated rings. The number of ether oxygens (including phenoxy) is 1. The summed E-state index contributed by atoms with van der Waals surface area (Å²) in [6, 6.07) is 0. The fourth-order valence-electron chi connectivity index (χ4n) is 1.36. The van der Waals surface area contributed by atoms with Crippen molar-refractivity contribution >= 4 is 34.4 Å². The lowest BCUT2D eigenvalue weighted by molar-refractivity contribution is -0.00652. The smallest absolute Gasteiger partial charge is 0.330 e. The van der Waals surface area contributed by atoms with Crippen molar-refractivity contribution in [2.75, 3.05) is 12.4 Å². The van der Waals surface area contributed by atoms with Gasteiger partial charge in [0, 0.05) is 11.9 Å². The second-order valence-corrected chi connectivity index (χ2v) is 5.53. The summed E-state index contributed by atoms with van der Waals surface area (Å²) in [5.74, 6) is 0.577. The molecule has 6 nitrogen and oxygen atoms in total. The van der Waals surface area contributed by atoms with E-state index in [0.29, 0.717) is 9.32 Å². The summed E-state index contributed by atoms with van der Waals surface area (Å²) in [6.07, 6.45) is 1.03. The van der Waals surface area contributed by atoms with Crippen LogP contribution in [-0.2, 0) is 4.74 Å². The van der Waals surface area contributed by atoms with Gasteiger partial charge in [0.2, 0.25) is 0 Å². The molecule has 0 radical (unpaired) electrons. The van der Waals surface area contributed by atoms with Crippen LogP contribution in [0.4, 0.5) is 0 Å². The standard InChI is InChI=1S/C8H9IN2O4S/c9-4-1-11(8(14)10-7(4)13)5-3-16-6(2-12)15-5/h1,5-6,12H,2-3H2,(H,10,13,14)/t5-,6+/m1/s1. The van der Waals surface area contributed by atoms with E-state index in [0.717, 1.165) is 0 Å². The molecule has 0 bridgehead atoms. The molecule has 2 heterocycles. The van der Waals surface area contributed by atoms with Gasteiger partial charge >= 0.3 is 5.69 Å². The summed E-state index contributed by atoms with van der Waals surface area (Å²) in [5, 5.41) is 8.91. The number of aliphatic hydroxyl groups excluding tert-OH is 1. The van der Waals surface area contributed by atoms with E-state index in [1.54, 1.807) is 0 Å². The van der Waals surface area contributed by atoms with E-state index in [1.807, 2.05) is 22.6 Å². The Morgan fingerprint density at radius 1 is 1.69 bits per heavy atom. The summed E-state index contributed by atoms with van der Waals surface area (Å²) in [4.78, 5) is 24.9. The molecular weight excluding hydrogens is 347 g/mol. The molecule has 0 amide bonds. The van der Waals surface area contributed by atoms with Crippen LogP contribution in [0, 0.1) is 3.57 Å². The molecule has 1 saturated heterocycles. The zero-order valence-electron chi connectivity index (χ0n) is 8.05. The quantitative estimate of drug-likeness (QED) is 0.713. The molecule has 2 N–H and O–H groups in total. The highest BCUT2D eigenvalue weighted by Crippen LogP contribution is 2.30. The normalized spacial score (nSPS) is 24.9. The SMILES string of the molecule is O=c1[nH]c(=O)n([C@H]2CS[C@@H](CO)O2)cc1I. The maximum absolute atomic E-state index is 11.5. The van der Waals surface area contributed by atoms with Gasteiger partial charge in [-0.15, -0.1) is 11.8 Å². The van der Waals surface area contributed by atoms with Crippen molar-refractivity contribution in [1.82, 2.24) is 9.55 Å². The summed E-state index contributed by atoms with van der Waals surface area (Å²) in [6.45, 7) is -0.0869. The van der Waals surface area contributed by atoms with Gasteiger partial charge in [-0.25, -0.2) is 4.79 Å². The molecule has 0 saturated carbocycles. The topological polar surface area (TPSA) is 84.3 Å². The Balaban J connectivity index is 2.32. The Labute approximate surface area is 108 Å². The number of aromatic nitrogens is 2. The number of thioether (sulfide) groups is 1. The van der Waals surface area contributed by atoms with Crippen molar-refractivity contribution in [1.29, 1.82) is 0 Å². The number of halogens is 1. The monoisotopic (exact) mass is 356 g/mol. The second-order valence-electron chi connectivity index (χ2n) is 3.18. The number of rotatable bonds is 2. The van der Waals surface area contributed by atoms with Gasteiger partial charge in [-0.2, -0.15) is 0 Å². The molecule has 88 valence electrons. The van der Waals surface area contributed by atoms with Crippen LogP contribution in [0.25, 0.3) is 0 Å². The molecule has 0 aromatic carbocycles. The number of nitrogens with one attached hydrogen (secondary N) is 1. The molecule has 1 aromatic heterocycles. The van der Waals surface area contributed by atoms with Gasteiger partial charge in [0.15, 0.2) is 0 Å². The molecular formula is C8H9IN2O4S. The number of nitrogens with zero attached hydrogens (tertiary/aromatic N) is 1. The zero-order valence-corrected chi connectivity index (χ0v) is 11.0. The first kappa shape index (κ1) is 12.1. The van der Waals surface area contributed by atoms with Crippen LogP contribution in [0.2, 0.25) is 0 Å². The van der Waals surface area contributed by atoms with Crippen LogP contribution in [0.5, 0.6) is 0 Å². The average Bonchev–Trinajstić information content (AvgIpc) is 2.71. The van der Waals surface area contributed by atoms with E-state index in [9.17, 15) is 9.59 Å². The molecule has 0 unspecified atom stereocenters. The Hall–Kier alpha value is -0.320. The van der Waals surface area contributed by atoms with Crippen LogP contribution >= 0.6 is 34.4 Å². The fraction of sp³-hybridized carbons (Fsp3) is 0.500. The van der Waals surface area contributed by atoms with E-state index in [1.165, 1.54) is 22.5 Å². The van der Waals surface area contributed by atoms with E-state index < -0.39 is 17.5 Å². The minimum atomic E-state index is -0.491. The molecule has 2 rings (SSSR count). The van der Waals surface area contributed by atoms with Gasteiger partial charge < -0.3 is 9.84 Å². The molecule has 1 aliphatic heterocycles. The van der Waals surface area contributed by atoms with Crippen LogP contribution in [-0.4, -0.2) is 32.5 Å². The summed E-state index contributed by atoms with van der Waals surface area (Å²) in [5.41, 5.74) is -1.19. The third kappa shape index (κ3) is 2.34. The van der Waals surface area contributed by atoms with Gasteiger partial charge in [0.25, 0.3) is 5.56 Å². The summed E-state index contributed by atoms with van der Waals surface area (Å²) >= 11 is 3.29. The van der Waals surface area contributed by atoms with E-state index in [4.69, 9.17) is 9.84 Å². The van der Waals surface area contributed by atoms with Crippen molar-refractivity contribution < 1.29 is 9.84 Å². The number of aliphatic hydroxyl groups is 1. The highest BCUT2D eigenvalue weighted by atomic mass is 127. The minimum absolute atomic E-state index is 0.0869. The van der Waals surface area contributed by atoms with E-state index in [-0.39, 0.29) is 12.0 Å². The van der Waals surface area contributed by atoms with Crippen LogP contribution in [0.15, 0.2) is 15.8 Å². The molecule has 1 aromatic rings. The van der Waals surface area contributed by atoms with Gasteiger partial charge in [-0.3, -0.25) is 14.3 Å². The van der Waals surface area contributed by atoms with E-state index in [2.05, 4.69) is 4.98 Å². The van der Waals surface area contributed by atoms with E-state index >= 15 is 0 Å². The third-order valence-corrected chi connectivity index (χ3v) is 4.00. The Bertz CT molecular complexity index is 500. The first-order valence-corrected chi connectivity index (χ1v) is 6.63. The predicted molar refractivity (Wildman–Crippen MR) is 67.5 cm³/mol. The van der Waals surface area contributed by atoms with Gasteiger partial charge in [0.1, 0.15) is 11.7 Å². The van der Waals surface area contributed by atoms with Crippen molar-refractivity contribution in [3.63, 3.8) is 0 Å². The number of aromatic amines is 1. The average molecular weight is 356 g/mol. The molecule has 0 spiro atoms. The predicted octanol–water partition coefficient (Wildman–Crippen LogP) is -0.278. The van der Waals surface area contributed by atoms with Gasteiger partial charge in [0.05, 0.1) is 10.2 Å². The molecule has 8 heteroatoms. The van der Waals surface area contributed by atoms with Crippen molar-refractivity contribution in [2.24, 2.45) is 0 Å². The summed E-state index contributed by atoms with van der Waals surface area (Å²) in [7, 11) is 0. The number of H-pyrrole nitrogens is 1. The largest absolute Gasteiger partial charge is 0.393 e. The lowest BCUT2D eigenvalue weighted by atomic mass is 10.5. The lowest BCUT2D eigenvalue weighted by Crippen LogP contribution is -2.34. The highest BCUT2D eigenvalue weighted by molar-refractivity contribution is 14.1. The Morgan fingerprint density at radius 3 is 3.06 bits per heavy atom. The molecule has 1 aliphatic rings. The summed E-state index contributed by atoms with van der Waals surface area (Å²) < 4.78 is 7.19. The highest BCUT2D eigenvalue weighted by Gasteiger charge is 2.27. The molecule has 2 atom stereocenters. The van der Waals surface area contributed by atoms with Crippen molar-refractivity contribution in [2.45, 2.75) is 11.7 Å². The van der Waals surface area contributed by atoms with Crippen molar-refractivity contribution in [3.05, 3.63) is 30.6 Å². The maximum Gasteiger partial charge on any atom is 0.330 e. The fourth-order valence-corrected chi connectivity index (χ4v) is 2.73. The second kappa shape index (κ2) is 4.90. The Kier molecular flexibility index (Phi) is 3.72. The van der Waals surface area contributed by atoms with Crippen molar-refractivity contribution in [3.8, 4) is 0 Å². The first-order valence-electron chi connectivity index (χ1n) is 4.50. The third-order valence-electron chi connectivity index (χ3n) is 2.12. The number of hydrogen-bond donors (Lipinski definition) is 2. The van der Waals surface area contributed by atoms with Gasteiger partial charge in [-0.1, -0.05) is 0 Å². The van der Waals surface area contributed by atoms with Crippen LogP contribution < -0.4 is 11.2 Å².